The van der Waals surface area contributed by atoms with E-state index in [4.69, 9.17) is 4.74 Å². The molecule has 1 aliphatic heterocycles. The third-order valence-electron chi connectivity index (χ3n) is 4.12. The minimum Gasteiger partial charge on any atom is -0.450 e. The fourth-order valence-corrected chi connectivity index (χ4v) is 6.41. The van der Waals surface area contributed by atoms with Crippen LogP contribution in [0.25, 0.3) is 10.9 Å². The summed E-state index contributed by atoms with van der Waals surface area (Å²) in [6.07, 6.45) is 0.683. The van der Waals surface area contributed by atoms with Crippen LogP contribution in [0, 0.1) is 0 Å². The molecule has 0 unspecified atom stereocenters. The Morgan fingerprint density at radius 3 is 2.67 bits per heavy atom. The molecule has 3 rings (SSSR count). The van der Waals surface area contributed by atoms with Crippen LogP contribution in [0.3, 0.4) is 0 Å². The van der Waals surface area contributed by atoms with Crippen LogP contribution >= 0.6 is 0 Å². The SMILES string of the molecule is CCOC(=O)N[C@@H]1CS(=O)(=O)C[C@H]1NS(=O)(=O)c1cccc2cccnc12. The maximum Gasteiger partial charge on any atom is 0.407 e. The Morgan fingerprint density at radius 2 is 1.93 bits per heavy atom. The van der Waals surface area contributed by atoms with Crippen molar-refractivity contribution in [3.8, 4) is 0 Å². The number of carbonyl (C=O) groups excluding carboxylic acids is 1. The standard InChI is InChI=1S/C16H19N3O6S2/c1-2-25-16(20)18-12-9-26(21,22)10-13(12)19-27(23,24)14-7-3-5-11-6-4-8-17-15(11)14/h3-8,12-13,19H,2,9-10H2,1H3,(H,18,20)/t12-,13-/m1/s1. The number of amides is 1. The predicted octanol–water partition coefficient (Wildman–Crippen LogP) is 0.425. The molecule has 2 N–H and O–H groups in total. The van der Waals surface area contributed by atoms with Gasteiger partial charge in [0.05, 0.1) is 35.7 Å². The molecule has 27 heavy (non-hydrogen) atoms. The van der Waals surface area contributed by atoms with Gasteiger partial charge in [-0.15, -0.1) is 0 Å². The zero-order chi connectivity index (χ0) is 19.7. The lowest BCUT2D eigenvalue weighted by molar-refractivity contribution is 0.148. The number of carbonyl (C=O) groups is 1. The molecule has 0 spiro atoms. The van der Waals surface area contributed by atoms with Crippen LogP contribution in [0.1, 0.15) is 6.92 Å². The maximum absolute atomic E-state index is 12.9. The summed E-state index contributed by atoms with van der Waals surface area (Å²) in [5, 5.41) is 3.05. The van der Waals surface area contributed by atoms with Gasteiger partial charge in [0.2, 0.25) is 10.0 Å². The van der Waals surface area contributed by atoms with E-state index >= 15 is 0 Å². The number of nitrogens with one attached hydrogen (secondary N) is 2. The first-order valence-electron chi connectivity index (χ1n) is 8.21. The molecule has 1 fully saturated rings. The summed E-state index contributed by atoms with van der Waals surface area (Å²) in [5.41, 5.74) is 0.281. The average molecular weight is 413 g/mol. The fraction of sp³-hybridized carbons (Fsp3) is 0.375. The summed E-state index contributed by atoms with van der Waals surface area (Å²) in [6, 6.07) is 6.19. The van der Waals surface area contributed by atoms with Crippen molar-refractivity contribution in [3.05, 3.63) is 36.5 Å². The Bertz CT molecular complexity index is 1060. The number of fused-ring (bicyclic) bond motifs is 1. The highest BCUT2D eigenvalue weighted by Gasteiger charge is 2.41. The van der Waals surface area contributed by atoms with Gasteiger partial charge in [-0.1, -0.05) is 18.2 Å². The van der Waals surface area contributed by atoms with Crippen LogP contribution < -0.4 is 10.0 Å². The molecule has 1 aliphatic rings. The number of sulfone groups is 1. The molecule has 0 radical (unpaired) electrons. The summed E-state index contributed by atoms with van der Waals surface area (Å²) in [6.45, 7) is 1.72. The van der Waals surface area contributed by atoms with E-state index < -0.39 is 43.8 Å². The van der Waals surface area contributed by atoms with Crippen LogP contribution in [0.2, 0.25) is 0 Å². The number of aromatic nitrogens is 1. The molecule has 0 saturated carbocycles. The highest BCUT2D eigenvalue weighted by Crippen LogP contribution is 2.22. The third-order valence-corrected chi connectivity index (χ3v) is 7.38. The van der Waals surface area contributed by atoms with Crippen molar-refractivity contribution in [2.45, 2.75) is 23.9 Å². The van der Waals surface area contributed by atoms with Crippen molar-refractivity contribution >= 4 is 36.9 Å². The second-order valence-electron chi connectivity index (χ2n) is 6.11. The molecule has 1 aromatic carbocycles. The van der Waals surface area contributed by atoms with E-state index in [0.29, 0.717) is 5.39 Å². The fourth-order valence-electron chi connectivity index (χ4n) is 2.99. The Balaban J connectivity index is 1.90. The molecule has 2 atom stereocenters. The van der Waals surface area contributed by atoms with E-state index in [1.807, 2.05) is 0 Å². The summed E-state index contributed by atoms with van der Waals surface area (Å²) < 4.78 is 56.9. The van der Waals surface area contributed by atoms with Gasteiger partial charge in [0.15, 0.2) is 9.84 Å². The van der Waals surface area contributed by atoms with Crippen molar-refractivity contribution in [1.29, 1.82) is 0 Å². The topological polar surface area (TPSA) is 132 Å². The number of nitrogens with zero attached hydrogens (tertiary/aromatic N) is 1. The molecule has 146 valence electrons. The number of alkyl carbamates (subject to hydrolysis) is 1. The molecule has 9 nitrogen and oxygen atoms in total. The van der Waals surface area contributed by atoms with Crippen LogP contribution in [0.5, 0.6) is 0 Å². The van der Waals surface area contributed by atoms with Gasteiger partial charge in [0.1, 0.15) is 4.90 Å². The predicted molar refractivity (Wildman–Crippen MR) is 98.5 cm³/mol. The molecule has 0 bridgehead atoms. The minimum absolute atomic E-state index is 0.0558. The first kappa shape index (κ1) is 19.5. The average Bonchev–Trinajstić information content (AvgIpc) is 2.87. The van der Waals surface area contributed by atoms with Gasteiger partial charge in [0, 0.05) is 11.6 Å². The Kier molecular flexibility index (Phi) is 5.36. The molecule has 1 saturated heterocycles. The zero-order valence-corrected chi connectivity index (χ0v) is 16.1. The minimum atomic E-state index is -4.07. The Labute approximate surface area is 157 Å². The van der Waals surface area contributed by atoms with Gasteiger partial charge in [-0.05, 0) is 19.1 Å². The summed E-state index contributed by atoms with van der Waals surface area (Å²) in [5.74, 6) is -0.783. The van der Waals surface area contributed by atoms with E-state index in [1.54, 1.807) is 31.2 Å². The number of para-hydroxylation sites is 1. The molecule has 11 heteroatoms. The number of sulfonamides is 1. The van der Waals surface area contributed by atoms with E-state index in [2.05, 4.69) is 15.0 Å². The van der Waals surface area contributed by atoms with Gasteiger partial charge in [-0.2, -0.15) is 0 Å². The summed E-state index contributed by atoms with van der Waals surface area (Å²) in [7, 11) is -7.59. The van der Waals surface area contributed by atoms with Gasteiger partial charge in [-0.3, -0.25) is 4.98 Å². The van der Waals surface area contributed by atoms with Gasteiger partial charge in [0.25, 0.3) is 0 Å². The Morgan fingerprint density at radius 1 is 1.22 bits per heavy atom. The van der Waals surface area contributed by atoms with Gasteiger partial charge < -0.3 is 10.1 Å². The van der Waals surface area contributed by atoms with Crippen LogP contribution in [0.15, 0.2) is 41.4 Å². The monoisotopic (exact) mass is 413 g/mol. The van der Waals surface area contributed by atoms with Crippen LogP contribution in [-0.4, -0.2) is 58.1 Å². The number of pyridine rings is 1. The lowest BCUT2D eigenvalue weighted by Crippen LogP contribution is -2.51. The first-order chi connectivity index (χ1) is 12.7. The number of benzene rings is 1. The second kappa shape index (κ2) is 7.41. The highest BCUT2D eigenvalue weighted by atomic mass is 32.2. The molecule has 2 aromatic rings. The quantitative estimate of drug-likeness (QED) is 0.726. The molecule has 1 aromatic heterocycles. The number of hydrogen-bond donors (Lipinski definition) is 2. The maximum atomic E-state index is 12.9. The van der Waals surface area contributed by atoms with Gasteiger partial charge >= 0.3 is 6.09 Å². The number of rotatable bonds is 5. The molecule has 1 amide bonds. The summed E-state index contributed by atoms with van der Waals surface area (Å²) >= 11 is 0. The van der Waals surface area contributed by atoms with E-state index in [1.165, 1.54) is 12.3 Å². The Hall–Kier alpha value is -2.24. The summed E-state index contributed by atoms with van der Waals surface area (Å²) in [4.78, 5) is 15.7. The van der Waals surface area contributed by atoms with E-state index in [9.17, 15) is 21.6 Å². The van der Waals surface area contributed by atoms with Crippen molar-refractivity contribution < 1.29 is 26.4 Å². The molecular formula is C16H19N3O6S2. The van der Waals surface area contributed by atoms with Crippen molar-refractivity contribution in [2.24, 2.45) is 0 Å². The third kappa shape index (κ3) is 4.37. The van der Waals surface area contributed by atoms with Gasteiger partial charge in [-0.25, -0.2) is 26.4 Å². The zero-order valence-electron chi connectivity index (χ0n) is 14.5. The first-order valence-corrected chi connectivity index (χ1v) is 11.5. The van der Waals surface area contributed by atoms with E-state index in [-0.39, 0.29) is 22.8 Å². The van der Waals surface area contributed by atoms with Crippen molar-refractivity contribution in [2.75, 3.05) is 18.1 Å². The lowest BCUT2D eigenvalue weighted by atomic mass is 10.2. The second-order valence-corrected chi connectivity index (χ2v) is 9.94. The van der Waals surface area contributed by atoms with E-state index in [0.717, 1.165) is 0 Å². The molecular weight excluding hydrogens is 394 g/mol. The number of hydrogen-bond acceptors (Lipinski definition) is 7. The van der Waals surface area contributed by atoms with Crippen molar-refractivity contribution in [1.82, 2.24) is 15.0 Å². The number of ether oxygens (including phenoxy) is 1. The molecule has 2 heterocycles. The van der Waals surface area contributed by atoms with Crippen LogP contribution in [-0.2, 0) is 24.6 Å². The lowest BCUT2D eigenvalue weighted by Gasteiger charge is -2.20. The smallest absolute Gasteiger partial charge is 0.407 e. The normalized spacial score (nSPS) is 21.8. The largest absolute Gasteiger partial charge is 0.450 e. The van der Waals surface area contributed by atoms with Crippen molar-refractivity contribution in [3.63, 3.8) is 0 Å². The van der Waals surface area contributed by atoms with Crippen LogP contribution in [0.4, 0.5) is 4.79 Å². The highest BCUT2D eigenvalue weighted by molar-refractivity contribution is 7.92. The molecule has 0 aliphatic carbocycles.